The number of aliphatic hydroxyl groups is 1. The molecule has 1 aliphatic heterocycles. The smallest absolute Gasteiger partial charge is 0.142 e. The molecular weight excluding hydrogens is 387 g/mol. The molecule has 0 amide bonds. The third-order valence-electron chi connectivity index (χ3n) is 4.55. The Morgan fingerprint density at radius 3 is 2.56 bits per heavy atom. The van der Waals surface area contributed by atoms with Gasteiger partial charge in [0.2, 0.25) is 0 Å². The molecule has 0 radical (unpaired) electrons. The second-order valence-electron chi connectivity index (χ2n) is 6.70. The van der Waals surface area contributed by atoms with Gasteiger partial charge in [0.1, 0.15) is 30.3 Å². The van der Waals surface area contributed by atoms with Crippen molar-refractivity contribution in [3.8, 4) is 11.5 Å². The average Bonchev–Trinajstić information content (AvgIpc) is 2.66. The van der Waals surface area contributed by atoms with E-state index in [0.717, 1.165) is 31.7 Å². The first-order valence-electron chi connectivity index (χ1n) is 9.00. The lowest BCUT2D eigenvalue weighted by atomic mass is 10.1. The van der Waals surface area contributed by atoms with Crippen LogP contribution in [0.5, 0.6) is 11.5 Å². The summed E-state index contributed by atoms with van der Waals surface area (Å²) in [5.41, 5.74) is 6.41. The van der Waals surface area contributed by atoms with Crippen LogP contribution in [0.15, 0.2) is 42.5 Å². The summed E-state index contributed by atoms with van der Waals surface area (Å²) in [6, 6.07) is 12.6. The summed E-state index contributed by atoms with van der Waals surface area (Å²) < 4.78 is 11.6. The molecule has 2 aromatic rings. The molecule has 3 rings (SSSR count). The van der Waals surface area contributed by atoms with Crippen molar-refractivity contribution >= 4 is 28.9 Å². The molecule has 2 aromatic carbocycles. The van der Waals surface area contributed by atoms with Gasteiger partial charge < -0.3 is 25.2 Å². The topological polar surface area (TPSA) is 68.0 Å². The highest BCUT2D eigenvalue weighted by Gasteiger charge is 2.22. The Balaban J connectivity index is 1.39. The zero-order valence-electron chi connectivity index (χ0n) is 15.0. The van der Waals surface area contributed by atoms with Gasteiger partial charge in [-0.3, -0.25) is 0 Å². The molecule has 0 spiro atoms. The van der Waals surface area contributed by atoms with E-state index in [2.05, 4.69) is 4.90 Å². The van der Waals surface area contributed by atoms with E-state index in [4.69, 9.17) is 38.4 Å². The van der Waals surface area contributed by atoms with Gasteiger partial charge in [0.05, 0.1) is 15.7 Å². The second kappa shape index (κ2) is 9.51. The molecule has 5 nitrogen and oxygen atoms in total. The van der Waals surface area contributed by atoms with E-state index in [1.165, 1.54) is 0 Å². The molecular formula is C20H24Cl2N2O3. The highest BCUT2D eigenvalue weighted by Crippen LogP contribution is 2.28. The number of likely N-dealkylation sites (tertiary alicyclic amines) is 1. The van der Waals surface area contributed by atoms with Gasteiger partial charge in [0.15, 0.2) is 0 Å². The number of hydrogen-bond acceptors (Lipinski definition) is 5. The summed E-state index contributed by atoms with van der Waals surface area (Å²) in [4.78, 5) is 2.22. The minimum absolute atomic E-state index is 0.135. The quantitative estimate of drug-likeness (QED) is 0.678. The number of anilines is 1. The maximum absolute atomic E-state index is 10.2. The van der Waals surface area contributed by atoms with Crippen LogP contribution >= 0.6 is 23.2 Å². The standard InChI is InChI=1S/C20H24Cl2N2O3/c21-17-6-5-16(11-18(17)22)27-15-7-9-24(10-8-15)12-14(25)13-26-20-4-2-1-3-19(20)23/h1-6,11,14-15,25H,7-10,12-13,23H2. The van der Waals surface area contributed by atoms with Gasteiger partial charge >= 0.3 is 0 Å². The number of para-hydroxylation sites is 2. The summed E-state index contributed by atoms with van der Waals surface area (Å²) in [7, 11) is 0. The summed E-state index contributed by atoms with van der Waals surface area (Å²) >= 11 is 12.0. The van der Waals surface area contributed by atoms with Gasteiger partial charge in [0, 0.05) is 25.7 Å². The summed E-state index contributed by atoms with van der Waals surface area (Å²) in [6.45, 7) is 2.49. The minimum Gasteiger partial charge on any atom is -0.490 e. The predicted molar refractivity (Wildman–Crippen MR) is 109 cm³/mol. The number of halogens is 2. The van der Waals surface area contributed by atoms with E-state index in [9.17, 15) is 5.11 Å². The van der Waals surface area contributed by atoms with Crippen LogP contribution in [-0.4, -0.2) is 48.5 Å². The van der Waals surface area contributed by atoms with E-state index in [0.29, 0.717) is 28.0 Å². The van der Waals surface area contributed by atoms with Gasteiger partial charge in [-0.15, -0.1) is 0 Å². The van der Waals surface area contributed by atoms with Crippen LogP contribution in [-0.2, 0) is 0 Å². The monoisotopic (exact) mass is 410 g/mol. The Bertz CT molecular complexity index is 752. The Morgan fingerprint density at radius 1 is 1.11 bits per heavy atom. The molecule has 1 unspecified atom stereocenters. The molecule has 0 aliphatic carbocycles. The van der Waals surface area contributed by atoms with Crippen molar-refractivity contribution in [3.63, 3.8) is 0 Å². The first-order valence-corrected chi connectivity index (χ1v) is 9.76. The first kappa shape index (κ1) is 20.1. The molecule has 0 saturated carbocycles. The third-order valence-corrected chi connectivity index (χ3v) is 5.29. The molecule has 7 heteroatoms. The SMILES string of the molecule is Nc1ccccc1OCC(O)CN1CCC(Oc2ccc(Cl)c(Cl)c2)CC1. The first-order chi connectivity index (χ1) is 13.0. The molecule has 0 bridgehead atoms. The Kier molecular flexibility index (Phi) is 7.07. The Morgan fingerprint density at radius 2 is 1.85 bits per heavy atom. The number of nitrogens with zero attached hydrogens (tertiary/aromatic N) is 1. The molecule has 27 heavy (non-hydrogen) atoms. The zero-order valence-corrected chi connectivity index (χ0v) is 16.5. The summed E-state index contributed by atoms with van der Waals surface area (Å²) in [5, 5.41) is 11.3. The molecule has 0 aromatic heterocycles. The molecule has 1 aliphatic rings. The number of β-amino-alcohol motifs (C(OH)–C–C–N with tert-alkyl or cyclic N) is 1. The number of benzene rings is 2. The number of hydrogen-bond donors (Lipinski definition) is 2. The van der Waals surface area contributed by atoms with E-state index in [-0.39, 0.29) is 12.7 Å². The largest absolute Gasteiger partial charge is 0.490 e. The predicted octanol–water partition coefficient (Wildman–Crippen LogP) is 3.86. The zero-order chi connectivity index (χ0) is 19.2. The van der Waals surface area contributed by atoms with Crippen molar-refractivity contribution in [1.29, 1.82) is 0 Å². The molecule has 146 valence electrons. The summed E-state index contributed by atoms with van der Waals surface area (Å²) in [5.74, 6) is 1.34. The molecule has 1 heterocycles. The fourth-order valence-corrected chi connectivity index (χ4v) is 3.39. The number of aliphatic hydroxyl groups excluding tert-OH is 1. The van der Waals surface area contributed by atoms with Crippen LogP contribution in [0.2, 0.25) is 10.0 Å². The Hall–Kier alpha value is -1.66. The normalized spacial score (nSPS) is 16.9. The number of ether oxygens (including phenoxy) is 2. The highest BCUT2D eigenvalue weighted by molar-refractivity contribution is 6.42. The van der Waals surface area contributed by atoms with Crippen molar-refractivity contribution in [3.05, 3.63) is 52.5 Å². The van der Waals surface area contributed by atoms with Crippen molar-refractivity contribution in [2.45, 2.75) is 25.0 Å². The van der Waals surface area contributed by atoms with E-state index >= 15 is 0 Å². The van der Waals surface area contributed by atoms with Crippen LogP contribution in [0, 0.1) is 0 Å². The molecule has 1 atom stereocenters. The van der Waals surface area contributed by atoms with Crippen molar-refractivity contribution in [2.75, 3.05) is 32.0 Å². The lowest BCUT2D eigenvalue weighted by Crippen LogP contribution is -2.43. The molecule has 1 saturated heterocycles. The van der Waals surface area contributed by atoms with E-state index in [1.807, 2.05) is 18.2 Å². The Labute approximate surface area is 169 Å². The van der Waals surface area contributed by atoms with Gasteiger partial charge in [-0.1, -0.05) is 35.3 Å². The average molecular weight is 411 g/mol. The van der Waals surface area contributed by atoms with Gasteiger partial charge in [-0.2, -0.15) is 0 Å². The van der Waals surface area contributed by atoms with Crippen LogP contribution in [0.25, 0.3) is 0 Å². The number of rotatable bonds is 7. The van der Waals surface area contributed by atoms with Crippen LogP contribution in [0.3, 0.4) is 0 Å². The van der Waals surface area contributed by atoms with E-state index < -0.39 is 6.10 Å². The lowest BCUT2D eigenvalue weighted by molar-refractivity contribution is 0.0403. The van der Waals surface area contributed by atoms with E-state index in [1.54, 1.807) is 24.3 Å². The van der Waals surface area contributed by atoms with Crippen molar-refractivity contribution < 1.29 is 14.6 Å². The summed E-state index contributed by atoms with van der Waals surface area (Å²) in [6.07, 6.45) is 1.34. The lowest BCUT2D eigenvalue weighted by Gasteiger charge is -2.33. The van der Waals surface area contributed by atoms with Crippen LogP contribution in [0.1, 0.15) is 12.8 Å². The van der Waals surface area contributed by atoms with Crippen LogP contribution < -0.4 is 15.2 Å². The fourth-order valence-electron chi connectivity index (χ4n) is 3.10. The maximum atomic E-state index is 10.2. The van der Waals surface area contributed by atoms with Gasteiger partial charge in [0.25, 0.3) is 0 Å². The van der Waals surface area contributed by atoms with Gasteiger partial charge in [-0.25, -0.2) is 0 Å². The second-order valence-corrected chi connectivity index (χ2v) is 7.51. The fraction of sp³-hybridized carbons (Fsp3) is 0.400. The highest BCUT2D eigenvalue weighted by atomic mass is 35.5. The van der Waals surface area contributed by atoms with Crippen molar-refractivity contribution in [1.82, 2.24) is 4.90 Å². The van der Waals surface area contributed by atoms with Gasteiger partial charge in [-0.05, 0) is 37.1 Å². The molecule has 1 fully saturated rings. The minimum atomic E-state index is -0.572. The maximum Gasteiger partial charge on any atom is 0.142 e. The number of nitrogens with two attached hydrogens (primary N) is 1. The van der Waals surface area contributed by atoms with Crippen LogP contribution in [0.4, 0.5) is 5.69 Å². The number of piperidine rings is 1. The number of nitrogen functional groups attached to an aromatic ring is 1. The third kappa shape index (κ3) is 5.91. The molecule has 3 N–H and O–H groups in total. The van der Waals surface area contributed by atoms with Crippen molar-refractivity contribution in [2.24, 2.45) is 0 Å².